The highest BCUT2D eigenvalue weighted by molar-refractivity contribution is 5.88. The van der Waals surface area contributed by atoms with Gasteiger partial charge in [0.05, 0.1) is 29.7 Å². The van der Waals surface area contributed by atoms with Crippen molar-refractivity contribution in [1.82, 2.24) is 4.98 Å². The van der Waals surface area contributed by atoms with Crippen molar-refractivity contribution >= 4 is 11.7 Å². The van der Waals surface area contributed by atoms with Gasteiger partial charge in [-0.1, -0.05) is 32.0 Å². The summed E-state index contributed by atoms with van der Waals surface area (Å²) in [6.07, 6.45) is -0.153. The molecule has 1 saturated heterocycles. The standard InChI is InChI=1S/C35H44F2N2O5/c1-21-28(32(33(41)42)44-34(3,4)5)31(39-17-15-35(6,7)16-18-39)29(30(38-21)22(2)40)24-10-13-27(26(37)20-24)43-19-14-23-8-11-25(36)12-9-23/h8-13,20,22,32,40H,14-19H2,1-7H3,(H,41,42)/t22?,32-/m0/s1. The Morgan fingerprint density at radius 3 is 2.27 bits per heavy atom. The molecular weight excluding hydrogens is 566 g/mol. The van der Waals surface area contributed by atoms with Crippen LogP contribution in [0.3, 0.4) is 0 Å². The van der Waals surface area contributed by atoms with E-state index in [2.05, 4.69) is 18.7 Å². The molecule has 1 aliphatic rings. The lowest BCUT2D eigenvalue weighted by Gasteiger charge is -2.41. The van der Waals surface area contributed by atoms with Gasteiger partial charge in [-0.15, -0.1) is 0 Å². The predicted molar refractivity (Wildman–Crippen MR) is 167 cm³/mol. The van der Waals surface area contributed by atoms with Crippen LogP contribution >= 0.6 is 0 Å². The van der Waals surface area contributed by atoms with E-state index in [0.29, 0.717) is 53.3 Å². The molecule has 2 heterocycles. The summed E-state index contributed by atoms with van der Waals surface area (Å²) >= 11 is 0. The first-order valence-electron chi connectivity index (χ1n) is 15.1. The number of hydrogen-bond donors (Lipinski definition) is 2. The van der Waals surface area contributed by atoms with E-state index in [4.69, 9.17) is 14.5 Å². The fourth-order valence-electron chi connectivity index (χ4n) is 5.58. The molecule has 0 saturated carbocycles. The second kappa shape index (κ2) is 13.2. The van der Waals surface area contributed by atoms with Gasteiger partial charge in [-0.2, -0.15) is 0 Å². The zero-order valence-electron chi connectivity index (χ0n) is 26.7. The van der Waals surface area contributed by atoms with Crippen molar-refractivity contribution in [3.63, 3.8) is 0 Å². The normalized spacial score (nSPS) is 16.5. The molecule has 4 rings (SSSR count). The molecule has 0 amide bonds. The van der Waals surface area contributed by atoms with Crippen LogP contribution in [0.2, 0.25) is 0 Å². The number of carboxylic acid groups (broad SMARTS) is 1. The maximum atomic E-state index is 15.6. The van der Waals surface area contributed by atoms with Gasteiger partial charge in [0.1, 0.15) is 5.82 Å². The molecular formula is C35H44F2N2O5. The summed E-state index contributed by atoms with van der Waals surface area (Å²) in [5.41, 5.74) is 2.86. The number of carboxylic acids is 1. The molecule has 1 unspecified atom stereocenters. The van der Waals surface area contributed by atoms with Gasteiger partial charge in [-0.25, -0.2) is 13.6 Å². The lowest BCUT2D eigenvalue weighted by molar-refractivity contribution is -0.160. The molecule has 2 atom stereocenters. The van der Waals surface area contributed by atoms with Crippen LogP contribution in [-0.4, -0.2) is 46.5 Å². The van der Waals surface area contributed by atoms with Crippen molar-refractivity contribution in [2.45, 2.75) is 85.5 Å². The number of halogens is 2. The van der Waals surface area contributed by atoms with Crippen LogP contribution in [0.5, 0.6) is 5.75 Å². The van der Waals surface area contributed by atoms with Gasteiger partial charge in [0.15, 0.2) is 17.7 Å². The monoisotopic (exact) mass is 610 g/mol. The largest absolute Gasteiger partial charge is 0.490 e. The number of aliphatic carboxylic acids is 1. The highest BCUT2D eigenvalue weighted by atomic mass is 19.1. The molecule has 0 spiro atoms. The summed E-state index contributed by atoms with van der Waals surface area (Å²) in [5.74, 6) is -2.04. The minimum absolute atomic E-state index is 0.0514. The molecule has 7 nitrogen and oxygen atoms in total. The van der Waals surface area contributed by atoms with Crippen molar-refractivity contribution in [3.8, 4) is 16.9 Å². The van der Waals surface area contributed by atoms with Crippen LogP contribution in [0.4, 0.5) is 14.5 Å². The molecule has 238 valence electrons. The predicted octanol–water partition coefficient (Wildman–Crippen LogP) is 7.58. The van der Waals surface area contributed by atoms with E-state index >= 15 is 4.39 Å². The number of nitrogens with zero attached hydrogens (tertiary/aromatic N) is 2. The minimum atomic E-state index is -1.34. The van der Waals surface area contributed by atoms with Crippen molar-refractivity contribution in [2.75, 3.05) is 24.6 Å². The van der Waals surface area contributed by atoms with Crippen LogP contribution in [-0.2, 0) is 16.0 Å². The second-order valence-corrected chi connectivity index (χ2v) is 13.4. The second-order valence-electron chi connectivity index (χ2n) is 13.4. The molecule has 1 aromatic heterocycles. The van der Waals surface area contributed by atoms with Crippen LogP contribution < -0.4 is 9.64 Å². The Hall–Kier alpha value is -3.56. The van der Waals surface area contributed by atoms with Crippen LogP contribution in [0.25, 0.3) is 11.1 Å². The van der Waals surface area contributed by atoms with E-state index in [9.17, 15) is 19.4 Å². The summed E-state index contributed by atoms with van der Waals surface area (Å²) in [4.78, 5) is 19.6. The van der Waals surface area contributed by atoms with Gasteiger partial charge in [-0.3, -0.25) is 4.98 Å². The Morgan fingerprint density at radius 1 is 1.09 bits per heavy atom. The Kier molecular flexibility index (Phi) is 10.0. The Morgan fingerprint density at radius 2 is 1.73 bits per heavy atom. The number of benzene rings is 2. The SMILES string of the molecule is Cc1nc(C(C)O)c(-c2ccc(OCCc3ccc(F)cc3)c(F)c2)c(N2CCC(C)(C)CC2)c1[C@H](OC(C)(C)C)C(=O)O. The lowest BCUT2D eigenvalue weighted by atomic mass is 9.81. The number of pyridine rings is 1. The summed E-state index contributed by atoms with van der Waals surface area (Å²) in [6, 6.07) is 10.6. The first-order chi connectivity index (χ1) is 20.6. The number of carbonyl (C=O) groups is 1. The number of rotatable bonds is 10. The number of hydrogen-bond acceptors (Lipinski definition) is 6. The van der Waals surface area contributed by atoms with Crippen molar-refractivity contribution in [1.29, 1.82) is 0 Å². The molecule has 9 heteroatoms. The zero-order chi connectivity index (χ0) is 32.4. The first kappa shape index (κ1) is 33.3. The lowest BCUT2D eigenvalue weighted by Crippen LogP contribution is -2.39. The summed E-state index contributed by atoms with van der Waals surface area (Å²) in [7, 11) is 0. The van der Waals surface area contributed by atoms with Gasteiger partial charge < -0.3 is 24.6 Å². The van der Waals surface area contributed by atoms with E-state index in [0.717, 1.165) is 18.4 Å². The third kappa shape index (κ3) is 7.93. The van der Waals surface area contributed by atoms with Gasteiger partial charge in [-0.05, 0) is 88.3 Å². The Balaban J connectivity index is 1.83. The molecule has 1 fully saturated rings. The highest BCUT2D eigenvalue weighted by Gasteiger charge is 2.37. The molecule has 1 aliphatic heterocycles. The van der Waals surface area contributed by atoms with E-state index in [1.54, 1.807) is 52.8 Å². The molecule has 44 heavy (non-hydrogen) atoms. The molecule has 3 aromatic rings. The topological polar surface area (TPSA) is 92.1 Å². The fourth-order valence-corrected chi connectivity index (χ4v) is 5.58. The van der Waals surface area contributed by atoms with Crippen molar-refractivity contribution < 1.29 is 33.3 Å². The number of anilines is 1. The van der Waals surface area contributed by atoms with Crippen LogP contribution in [0, 0.1) is 24.0 Å². The highest BCUT2D eigenvalue weighted by Crippen LogP contribution is 2.46. The summed E-state index contributed by atoms with van der Waals surface area (Å²) in [5, 5.41) is 21.3. The van der Waals surface area contributed by atoms with E-state index in [1.165, 1.54) is 24.3 Å². The van der Waals surface area contributed by atoms with E-state index < -0.39 is 29.6 Å². The fraction of sp³-hybridized carbons (Fsp3) is 0.486. The summed E-state index contributed by atoms with van der Waals surface area (Å²) in [6.45, 7) is 14.6. The zero-order valence-corrected chi connectivity index (χ0v) is 26.7. The van der Waals surface area contributed by atoms with Gasteiger partial charge in [0.2, 0.25) is 0 Å². The maximum absolute atomic E-state index is 15.6. The van der Waals surface area contributed by atoms with Gasteiger partial charge in [0.25, 0.3) is 0 Å². The Bertz CT molecular complexity index is 1470. The van der Waals surface area contributed by atoms with Gasteiger partial charge in [0, 0.05) is 36.3 Å². The molecule has 0 radical (unpaired) electrons. The smallest absolute Gasteiger partial charge is 0.337 e. The number of aromatic nitrogens is 1. The average Bonchev–Trinajstić information content (AvgIpc) is 2.93. The number of aliphatic hydroxyl groups is 1. The average molecular weight is 611 g/mol. The minimum Gasteiger partial charge on any atom is -0.490 e. The van der Waals surface area contributed by atoms with E-state index in [1.807, 2.05) is 0 Å². The number of ether oxygens (including phenoxy) is 2. The van der Waals surface area contributed by atoms with Crippen molar-refractivity contribution in [2.24, 2.45) is 5.41 Å². The third-order valence-corrected chi connectivity index (χ3v) is 7.99. The third-order valence-electron chi connectivity index (χ3n) is 7.99. The number of aliphatic hydroxyl groups excluding tert-OH is 1. The van der Waals surface area contributed by atoms with Crippen LogP contribution in [0.1, 0.15) is 89.1 Å². The first-order valence-corrected chi connectivity index (χ1v) is 15.1. The number of piperidine rings is 1. The van der Waals surface area contributed by atoms with Crippen LogP contribution in [0.15, 0.2) is 42.5 Å². The van der Waals surface area contributed by atoms with Gasteiger partial charge >= 0.3 is 5.97 Å². The van der Waals surface area contributed by atoms with E-state index in [-0.39, 0.29) is 23.6 Å². The number of aryl methyl sites for hydroxylation is 1. The summed E-state index contributed by atoms with van der Waals surface area (Å²) < 4.78 is 40.7. The molecule has 2 aromatic carbocycles. The van der Waals surface area contributed by atoms with Crippen molar-refractivity contribution in [3.05, 3.63) is 76.6 Å². The molecule has 2 N–H and O–H groups in total. The maximum Gasteiger partial charge on any atom is 0.337 e. The quantitative estimate of drug-likeness (QED) is 0.245. The Labute approximate surface area is 258 Å². The molecule has 0 bridgehead atoms. The molecule has 0 aliphatic carbocycles.